The Bertz CT molecular complexity index is 1140. The van der Waals surface area contributed by atoms with Crippen molar-refractivity contribution in [3.63, 3.8) is 0 Å². The minimum atomic E-state index is -0.264. The summed E-state index contributed by atoms with van der Waals surface area (Å²) < 4.78 is 6.64. The van der Waals surface area contributed by atoms with Crippen LogP contribution >= 0.6 is 27.5 Å². The van der Waals surface area contributed by atoms with Gasteiger partial charge in [0, 0.05) is 46.9 Å². The zero-order chi connectivity index (χ0) is 24.9. The first kappa shape index (κ1) is 25.4. The molecule has 1 aromatic heterocycles. The molecule has 0 spiro atoms. The van der Waals surface area contributed by atoms with E-state index in [0.717, 1.165) is 61.2 Å². The SMILES string of the molecule is O=C(NC(c1ccncc1)c1ccc(Cl)cc1)[C@@H]1CC[C@@H](N2CCOCC2)C[C@H]1c1ccc(Br)cc1. The van der Waals surface area contributed by atoms with Crippen molar-refractivity contribution >= 4 is 33.4 Å². The van der Waals surface area contributed by atoms with E-state index in [9.17, 15) is 4.79 Å². The van der Waals surface area contributed by atoms with Crippen molar-refractivity contribution in [3.8, 4) is 0 Å². The molecule has 2 fully saturated rings. The Balaban J connectivity index is 1.41. The van der Waals surface area contributed by atoms with E-state index in [2.05, 4.69) is 55.4 Å². The van der Waals surface area contributed by atoms with Crippen LogP contribution in [0.5, 0.6) is 0 Å². The van der Waals surface area contributed by atoms with Crippen LogP contribution in [0.2, 0.25) is 5.02 Å². The smallest absolute Gasteiger partial charge is 0.224 e. The topological polar surface area (TPSA) is 54.5 Å². The summed E-state index contributed by atoms with van der Waals surface area (Å²) in [5.74, 6) is 0.156. The molecule has 0 bridgehead atoms. The van der Waals surface area contributed by atoms with Crippen molar-refractivity contribution in [1.29, 1.82) is 0 Å². The zero-order valence-electron chi connectivity index (χ0n) is 20.2. The molecule has 2 heterocycles. The van der Waals surface area contributed by atoms with E-state index < -0.39 is 0 Å². The number of carbonyl (C=O) groups is 1. The second-order valence-electron chi connectivity index (χ2n) is 9.65. The molecule has 1 saturated heterocycles. The van der Waals surface area contributed by atoms with Gasteiger partial charge in [0.25, 0.3) is 0 Å². The maximum absolute atomic E-state index is 14.0. The standard InChI is InChI=1S/C29H31BrClN3O2/c30-23-5-1-20(2-6-23)27-19-25(34-15-17-36-18-16-34)9-10-26(27)29(35)33-28(22-11-13-32-14-12-22)21-3-7-24(31)8-4-21/h1-8,11-14,25-28H,9-10,15-19H2,(H,33,35)/t25-,26-,27+,28?/m1/s1. The number of halogens is 2. The number of aromatic nitrogens is 1. The Morgan fingerprint density at radius 3 is 2.33 bits per heavy atom. The molecular formula is C29H31BrClN3O2. The highest BCUT2D eigenvalue weighted by Gasteiger charge is 2.39. The molecule has 5 nitrogen and oxygen atoms in total. The third-order valence-electron chi connectivity index (χ3n) is 7.55. The van der Waals surface area contributed by atoms with Crippen molar-refractivity contribution in [1.82, 2.24) is 15.2 Å². The second kappa shape index (κ2) is 11.9. The third-order valence-corrected chi connectivity index (χ3v) is 8.33. The highest BCUT2D eigenvalue weighted by molar-refractivity contribution is 9.10. The summed E-state index contributed by atoms with van der Waals surface area (Å²) in [4.78, 5) is 20.7. The lowest BCUT2D eigenvalue weighted by Crippen LogP contribution is -2.48. The van der Waals surface area contributed by atoms with Gasteiger partial charge in [-0.25, -0.2) is 0 Å². The van der Waals surface area contributed by atoms with E-state index in [1.54, 1.807) is 12.4 Å². The van der Waals surface area contributed by atoms with Crippen LogP contribution in [0.25, 0.3) is 0 Å². The van der Waals surface area contributed by atoms with E-state index >= 15 is 0 Å². The summed E-state index contributed by atoms with van der Waals surface area (Å²) in [6, 6.07) is 20.3. The van der Waals surface area contributed by atoms with Crippen LogP contribution < -0.4 is 5.32 Å². The fraction of sp³-hybridized carbons (Fsp3) is 0.379. The molecule has 5 rings (SSSR count). The van der Waals surface area contributed by atoms with Gasteiger partial charge in [0.15, 0.2) is 0 Å². The largest absolute Gasteiger partial charge is 0.379 e. The number of rotatable bonds is 6. The molecule has 188 valence electrons. The van der Waals surface area contributed by atoms with E-state index in [1.807, 2.05) is 36.4 Å². The summed E-state index contributed by atoms with van der Waals surface area (Å²) >= 11 is 9.71. The molecule has 3 aromatic rings. The fourth-order valence-corrected chi connectivity index (χ4v) is 6.02. The van der Waals surface area contributed by atoms with E-state index in [4.69, 9.17) is 16.3 Å². The number of hydrogen-bond donors (Lipinski definition) is 1. The lowest BCUT2D eigenvalue weighted by atomic mass is 9.72. The van der Waals surface area contributed by atoms with Crippen LogP contribution in [0.4, 0.5) is 0 Å². The predicted molar refractivity (Wildman–Crippen MR) is 146 cm³/mol. The monoisotopic (exact) mass is 567 g/mol. The normalized spacial score (nSPS) is 23.7. The number of benzene rings is 2. The number of hydrogen-bond acceptors (Lipinski definition) is 4. The molecule has 1 aliphatic carbocycles. The number of carbonyl (C=O) groups excluding carboxylic acids is 1. The Kier molecular flexibility index (Phi) is 8.37. The van der Waals surface area contributed by atoms with Gasteiger partial charge in [0.1, 0.15) is 0 Å². The second-order valence-corrected chi connectivity index (χ2v) is 11.0. The Morgan fingerprint density at radius 1 is 0.972 bits per heavy atom. The molecular weight excluding hydrogens is 538 g/mol. The molecule has 36 heavy (non-hydrogen) atoms. The van der Waals surface area contributed by atoms with Gasteiger partial charge in [-0.1, -0.05) is 51.8 Å². The van der Waals surface area contributed by atoms with Crippen molar-refractivity contribution in [3.05, 3.63) is 99.2 Å². The van der Waals surface area contributed by atoms with Gasteiger partial charge >= 0.3 is 0 Å². The molecule has 0 radical (unpaired) electrons. The molecule has 4 atom stereocenters. The number of pyridine rings is 1. The van der Waals surface area contributed by atoms with Gasteiger partial charge in [-0.2, -0.15) is 0 Å². The number of amides is 1. The average Bonchev–Trinajstić information content (AvgIpc) is 2.93. The van der Waals surface area contributed by atoms with Crippen molar-refractivity contribution < 1.29 is 9.53 Å². The molecule has 1 unspecified atom stereocenters. The van der Waals surface area contributed by atoms with Gasteiger partial charge in [-0.15, -0.1) is 0 Å². The summed E-state index contributed by atoms with van der Waals surface area (Å²) in [5.41, 5.74) is 3.23. The van der Waals surface area contributed by atoms with Gasteiger partial charge < -0.3 is 10.1 Å². The third kappa shape index (κ3) is 6.00. The van der Waals surface area contributed by atoms with Crippen LogP contribution in [0, 0.1) is 5.92 Å². The van der Waals surface area contributed by atoms with Crippen molar-refractivity contribution in [2.75, 3.05) is 26.3 Å². The molecule has 2 aromatic carbocycles. The van der Waals surface area contributed by atoms with Crippen molar-refractivity contribution in [2.24, 2.45) is 5.92 Å². The number of nitrogens with one attached hydrogen (secondary N) is 1. The maximum Gasteiger partial charge on any atom is 0.224 e. The highest BCUT2D eigenvalue weighted by Crippen LogP contribution is 2.41. The zero-order valence-corrected chi connectivity index (χ0v) is 22.5. The van der Waals surface area contributed by atoms with Gasteiger partial charge in [0.05, 0.1) is 19.3 Å². The lowest BCUT2D eigenvalue weighted by Gasteiger charge is -2.42. The van der Waals surface area contributed by atoms with Crippen LogP contribution in [-0.2, 0) is 9.53 Å². The van der Waals surface area contributed by atoms with Crippen LogP contribution in [0.3, 0.4) is 0 Å². The van der Waals surface area contributed by atoms with Gasteiger partial charge in [-0.3, -0.25) is 14.7 Å². The maximum atomic E-state index is 14.0. The van der Waals surface area contributed by atoms with E-state index in [1.165, 1.54) is 5.56 Å². The number of nitrogens with zero attached hydrogens (tertiary/aromatic N) is 2. The minimum Gasteiger partial charge on any atom is -0.379 e. The molecule has 1 N–H and O–H groups in total. The predicted octanol–water partition coefficient (Wildman–Crippen LogP) is 5.99. The first-order valence-electron chi connectivity index (χ1n) is 12.6. The van der Waals surface area contributed by atoms with Crippen LogP contribution in [-0.4, -0.2) is 48.1 Å². The molecule has 2 aliphatic rings. The van der Waals surface area contributed by atoms with E-state index in [-0.39, 0.29) is 23.8 Å². The molecule has 1 aliphatic heterocycles. The highest BCUT2D eigenvalue weighted by atomic mass is 79.9. The summed E-state index contributed by atoms with van der Waals surface area (Å²) in [5, 5.41) is 4.07. The first-order valence-corrected chi connectivity index (χ1v) is 13.8. The Hall–Kier alpha value is -2.25. The lowest BCUT2D eigenvalue weighted by molar-refractivity contribution is -0.127. The van der Waals surface area contributed by atoms with Gasteiger partial charge in [0.2, 0.25) is 5.91 Å². The van der Waals surface area contributed by atoms with Crippen LogP contribution in [0.1, 0.15) is 47.9 Å². The molecule has 1 saturated carbocycles. The Morgan fingerprint density at radius 2 is 1.64 bits per heavy atom. The average molecular weight is 569 g/mol. The number of morpholine rings is 1. The Labute approximate surface area is 226 Å². The summed E-state index contributed by atoms with van der Waals surface area (Å²) in [6.07, 6.45) is 6.38. The fourth-order valence-electron chi connectivity index (χ4n) is 5.63. The van der Waals surface area contributed by atoms with E-state index in [0.29, 0.717) is 11.1 Å². The van der Waals surface area contributed by atoms with Crippen molar-refractivity contribution in [2.45, 2.75) is 37.3 Å². The van der Waals surface area contributed by atoms with Gasteiger partial charge in [-0.05, 0) is 78.3 Å². The van der Waals surface area contributed by atoms with Crippen LogP contribution in [0.15, 0.2) is 77.5 Å². The first-order chi connectivity index (χ1) is 17.6. The molecule has 7 heteroatoms. The number of ether oxygens (including phenoxy) is 1. The minimum absolute atomic E-state index is 0.0971. The summed E-state index contributed by atoms with van der Waals surface area (Å²) in [7, 11) is 0. The summed E-state index contributed by atoms with van der Waals surface area (Å²) in [6.45, 7) is 3.51. The quantitative estimate of drug-likeness (QED) is 0.397. The molecule has 1 amide bonds.